The maximum atomic E-state index is 7.64. The molecule has 2 rings (SSSR count). The smallest absolute Gasteiger partial charge is 0.0966 e. The van der Waals surface area contributed by atoms with Crippen LogP contribution in [0.3, 0.4) is 0 Å². The van der Waals surface area contributed by atoms with Crippen molar-refractivity contribution in [2.75, 3.05) is 13.1 Å². The number of nitrogens with two attached hydrogens (primary N) is 1. The van der Waals surface area contributed by atoms with E-state index in [0.717, 1.165) is 36.9 Å². The van der Waals surface area contributed by atoms with Crippen LogP contribution in [-0.2, 0) is 6.54 Å². The molecule has 1 saturated heterocycles. The van der Waals surface area contributed by atoms with Gasteiger partial charge in [0.1, 0.15) is 0 Å². The topological polar surface area (TPSA) is 66.0 Å². The summed E-state index contributed by atoms with van der Waals surface area (Å²) in [7, 11) is 0. The average molecular weight is 311 g/mol. The van der Waals surface area contributed by atoms with Crippen LogP contribution in [0, 0.1) is 10.8 Å². The Bertz CT molecular complexity index is 438. The van der Waals surface area contributed by atoms with Crippen LogP contribution in [0.2, 0.25) is 0 Å². The third-order valence-corrected chi connectivity index (χ3v) is 4.21. The molecule has 1 fully saturated rings. The first-order chi connectivity index (χ1) is 8.49. The highest BCUT2D eigenvalue weighted by Gasteiger charge is 2.32. The molecule has 0 aromatic carbocycles. The highest BCUT2D eigenvalue weighted by atomic mass is 79.9. The lowest BCUT2D eigenvalue weighted by Crippen LogP contribution is -2.44. The zero-order chi connectivity index (χ0) is 13.2. The maximum absolute atomic E-state index is 7.64. The standard InChI is InChI=1S/C13H19BrN4/c1-13(12(15)16)2-4-18(5-3-13)9-10-6-11(14)8-17-7-10/h6-8H,2-5,9H2,1H3,(H3,15,16). The number of hydrogen-bond donors (Lipinski definition) is 2. The van der Waals surface area contributed by atoms with E-state index in [9.17, 15) is 0 Å². The molecule has 1 aliphatic heterocycles. The predicted octanol–water partition coefficient (Wildman–Crippen LogP) is 2.38. The van der Waals surface area contributed by atoms with E-state index >= 15 is 0 Å². The molecule has 3 N–H and O–H groups in total. The quantitative estimate of drug-likeness (QED) is 0.665. The summed E-state index contributed by atoms with van der Waals surface area (Å²) in [6, 6.07) is 2.10. The Kier molecular flexibility index (Phi) is 4.02. The van der Waals surface area contributed by atoms with Gasteiger partial charge in [-0.05, 0) is 53.5 Å². The molecule has 5 heteroatoms. The van der Waals surface area contributed by atoms with Crippen molar-refractivity contribution in [1.29, 1.82) is 5.41 Å². The zero-order valence-corrected chi connectivity index (χ0v) is 12.2. The molecular weight excluding hydrogens is 292 g/mol. The van der Waals surface area contributed by atoms with Gasteiger partial charge in [0.2, 0.25) is 0 Å². The Morgan fingerprint density at radius 3 is 2.72 bits per heavy atom. The number of nitrogens with zero attached hydrogens (tertiary/aromatic N) is 2. The number of likely N-dealkylation sites (tertiary alicyclic amines) is 1. The van der Waals surface area contributed by atoms with Crippen molar-refractivity contribution in [3.8, 4) is 0 Å². The molecule has 1 aliphatic rings. The van der Waals surface area contributed by atoms with E-state index in [-0.39, 0.29) is 5.41 Å². The number of nitrogens with one attached hydrogen (secondary N) is 1. The summed E-state index contributed by atoms with van der Waals surface area (Å²) in [6.45, 7) is 4.99. The number of aromatic nitrogens is 1. The van der Waals surface area contributed by atoms with Gasteiger partial charge in [-0.15, -0.1) is 0 Å². The number of piperidine rings is 1. The summed E-state index contributed by atoms with van der Waals surface area (Å²) in [5, 5.41) is 7.64. The molecule has 2 heterocycles. The van der Waals surface area contributed by atoms with Gasteiger partial charge in [0.15, 0.2) is 0 Å². The molecule has 0 amide bonds. The van der Waals surface area contributed by atoms with Crippen LogP contribution >= 0.6 is 15.9 Å². The minimum atomic E-state index is -0.105. The highest BCUT2D eigenvalue weighted by molar-refractivity contribution is 9.10. The molecule has 0 bridgehead atoms. The first-order valence-corrected chi connectivity index (χ1v) is 6.95. The number of halogens is 1. The van der Waals surface area contributed by atoms with Crippen LogP contribution in [0.25, 0.3) is 0 Å². The monoisotopic (exact) mass is 310 g/mol. The van der Waals surface area contributed by atoms with Gasteiger partial charge < -0.3 is 5.73 Å². The van der Waals surface area contributed by atoms with Crippen molar-refractivity contribution in [3.63, 3.8) is 0 Å². The summed E-state index contributed by atoms with van der Waals surface area (Å²) in [6.07, 6.45) is 5.63. The van der Waals surface area contributed by atoms with Crippen LogP contribution in [0.5, 0.6) is 0 Å². The molecule has 18 heavy (non-hydrogen) atoms. The summed E-state index contributed by atoms with van der Waals surface area (Å²) in [5.74, 6) is 0.325. The van der Waals surface area contributed by atoms with E-state index in [1.165, 1.54) is 5.56 Å². The van der Waals surface area contributed by atoms with E-state index in [1.807, 2.05) is 6.20 Å². The predicted molar refractivity (Wildman–Crippen MR) is 76.5 cm³/mol. The van der Waals surface area contributed by atoms with E-state index in [0.29, 0.717) is 5.84 Å². The normalized spacial score (nSPS) is 19.7. The van der Waals surface area contributed by atoms with Gasteiger partial charge in [-0.3, -0.25) is 15.3 Å². The maximum Gasteiger partial charge on any atom is 0.0966 e. The van der Waals surface area contributed by atoms with Crippen molar-refractivity contribution in [2.45, 2.75) is 26.3 Å². The Hall–Kier alpha value is -0.940. The minimum Gasteiger partial charge on any atom is -0.387 e. The van der Waals surface area contributed by atoms with Crippen LogP contribution < -0.4 is 5.73 Å². The van der Waals surface area contributed by atoms with Crippen molar-refractivity contribution < 1.29 is 0 Å². The second kappa shape index (κ2) is 5.36. The van der Waals surface area contributed by atoms with Gasteiger partial charge in [0, 0.05) is 28.8 Å². The van der Waals surface area contributed by atoms with Gasteiger partial charge in [0.25, 0.3) is 0 Å². The fraction of sp³-hybridized carbons (Fsp3) is 0.538. The van der Waals surface area contributed by atoms with E-state index in [1.54, 1.807) is 6.20 Å². The third kappa shape index (κ3) is 3.09. The van der Waals surface area contributed by atoms with E-state index < -0.39 is 0 Å². The lowest BCUT2D eigenvalue weighted by molar-refractivity contribution is 0.156. The van der Waals surface area contributed by atoms with Gasteiger partial charge >= 0.3 is 0 Å². The molecule has 0 atom stereocenters. The lowest BCUT2D eigenvalue weighted by atomic mass is 9.79. The number of amidine groups is 1. The third-order valence-electron chi connectivity index (χ3n) is 3.78. The van der Waals surface area contributed by atoms with E-state index in [2.05, 4.69) is 38.8 Å². The Labute approximate surface area is 116 Å². The van der Waals surface area contributed by atoms with Crippen molar-refractivity contribution in [1.82, 2.24) is 9.88 Å². The summed E-state index contributed by atoms with van der Waals surface area (Å²) in [4.78, 5) is 6.58. The van der Waals surface area contributed by atoms with Crippen molar-refractivity contribution in [2.24, 2.45) is 11.1 Å². The number of pyridine rings is 1. The Morgan fingerprint density at radius 1 is 1.50 bits per heavy atom. The molecule has 4 nitrogen and oxygen atoms in total. The van der Waals surface area contributed by atoms with Gasteiger partial charge in [0.05, 0.1) is 5.84 Å². The van der Waals surface area contributed by atoms with Gasteiger partial charge in [-0.1, -0.05) is 6.92 Å². The lowest BCUT2D eigenvalue weighted by Gasteiger charge is -2.38. The second-order valence-corrected chi connectivity index (χ2v) is 6.18. The van der Waals surface area contributed by atoms with E-state index in [4.69, 9.17) is 11.1 Å². The zero-order valence-electron chi connectivity index (χ0n) is 10.6. The number of hydrogen-bond acceptors (Lipinski definition) is 3. The van der Waals surface area contributed by atoms with Gasteiger partial charge in [-0.25, -0.2) is 0 Å². The summed E-state index contributed by atoms with van der Waals surface area (Å²) in [5.41, 5.74) is 6.78. The summed E-state index contributed by atoms with van der Waals surface area (Å²) < 4.78 is 1.02. The molecule has 0 saturated carbocycles. The highest BCUT2D eigenvalue weighted by Crippen LogP contribution is 2.31. The number of rotatable bonds is 3. The molecule has 1 aromatic heterocycles. The molecule has 0 spiro atoms. The van der Waals surface area contributed by atoms with Gasteiger partial charge in [-0.2, -0.15) is 0 Å². The fourth-order valence-corrected chi connectivity index (χ4v) is 2.69. The molecule has 0 unspecified atom stereocenters. The largest absolute Gasteiger partial charge is 0.387 e. The Morgan fingerprint density at radius 2 is 2.17 bits per heavy atom. The Balaban J connectivity index is 1.93. The molecule has 0 aliphatic carbocycles. The van der Waals surface area contributed by atoms with Crippen LogP contribution in [0.4, 0.5) is 0 Å². The second-order valence-electron chi connectivity index (χ2n) is 5.26. The molecule has 98 valence electrons. The molecule has 1 aromatic rings. The van der Waals surface area contributed by atoms with Crippen molar-refractivity contribution >= 4 is 21.8 Å². The average Bonchev–Trinajstić information content (AvgIpc) is 2.32. The minimum absolute atomic E-state index is 0.105. The molecule has 0 radical (unpaired) electrons. The van der Waals surface area contributed by atoms with Crippen molar-refractivity contribution in [3.05, 3.63) is 28.5 Å². The first-order valence-electron chi connectivity index (χ1n) is 6.16. The molecular formula is C13H19BrN4. The van der Waals surface area contributed by atoms with Crippen LogP contribution in [0.1, 0.15) is 25.3 Å². The van der Waals surface area contributed by atoms with Crippen LogP contribution in [0.15, 0.2) is 22.9 Å². The SMILES string of the molecule is CC1(C(=N)N)CCN(Cc2cncc(Br)c2)CC1. The van der Waals surface area contributed by atoms with Crippen LogP contribution in [-0.4, -0.2) is 28.8 Å². The summed E-state index contributed by atoms with van der Waals surface area (Å²) >= 11 is 3.44. The first kappa shape index (κ1) is 13.5. The fourth-order valence-electron chi connectivity index (χ4n) is 2.27.